The Balaban J connectivity index is 1.54. The summed E-state index contributed by atoms with van der Waals surface area (Å²) >= 11 is 0. The third-order valence-corrected chi connectivity index (χ3v) is 4.79. The maximum absolute atomic E-state index is 12.6. The molecule has 0 saturated heterocycles. The standard InChI is InChI=1S/C18H16F2N4O2/c1-9-14(8-21-23-9)15(25)7-11-3-2-10-6-12(4-5-13(10)11)17-22-18(16(19)20)26-24-17/h4-6,8,11,16H,2-3,7H2,1H3,(H,21,23)/t11-/m0/s1. The molecule has 1 aliphatic carbocycles. The van der Waals surface area contributed by atoms with Gasteiger partial charge in [-0.1, -0.05) is 17.3 Å². The molecule has 1 aromatic carbocycles. The lowest BCUT2D eigenvalue weighted by Crippen LogP contribution is -2.06. The monoisotopic (exact) mass is 358 g/mol. The van der Waals surface area contributed by atoms with E-state index in [-0.39, 0.29) is 17.5 Å². The van der Waals surface area contributed by atoms with Crippen LogP contribution < -0.4 is 0 Å². The van der Waals surface area contributed by atoms with Crippen molar-refractivity contribution >= 4 is 5.78 Å². The molecule has 1 atom stereocenters. The second-order valence-corrected chi connectivity index (χ2v) is 6.44. The molecule has 1 aliphatic rings. The number of hydrogen-bond acceptors (Lipinski definition) is 5. The fraction of sp³-hybridized carbons (Fsp3) is 0.333. The predicted molar refractivity (Wildman–Crippen MR) is 88.0 cm³/mol. The lowest BCUT2D eigenvalue weighted by Gasteiger charge is -2.11. The number of aromatic amines is 1. The highest BCUT2D eigenvalue weighted by atomic mass is 19.3. The zero-order valence-electron chi connectivity index (χ0n) is 14.0. The summed E-state index contributed by atoms with van der Waals surface area (Å²) in [5, 5.41) is 10.3. The fourth-order valence-electron chi connectivity index (χ4n) is 3.46. The van der Waals surface area contributed by atoms with Crippen molar-refractivity contribution in [3.8, 4) is 11.4 Å². The number of nitrogens with one attached hydrogen (secondary N) is 1. The normalized spacial score (nSPS) is 16.2. The number of carbonyl (C=O) groups is 1. The number of H-pyrrole nitrogens is 1. The van der Waals surface area contributed by atoms with Gasteiger partial charge in [0.25, 0.3) is 5.89 Å². The van der Waals surface area contributed by atoms with E-state index in [2.05, 4.69) is 24.9 Å². The van der Waals surface area contributed by atoms with Crippen LogP contribution >= 0.6 is 0 Å². The van der Waals surface area contributed by atoms with E-state index in [4.69, 9.17) is 0 Å². The van der Waals surface area contributed by atoms with Gasteiger partial charge >= 0.3 is 6.43 Å². The van der Waals surface area contributed by atoms with Gasteiger partial charge in [0.05, 0.1) is 11.8 Å². The van der Waals surface area contributed by atoms with E-state index < -0.39 is 12.3 Å². The van der Waals surface area contributed by atoms with Crippen LogP contribution in [0.1, 0.15) is 58.3 Å². The zero-order chi connectivity index (χ0) is 18.3. The Morgan fingerprint density at radius 2 is 2.27 bits per heavy atom. The van der Waals surface area contributed by atoms with Crippen LogP contribution in [0.15, 0.2) is 28.9 Å². The van der Waals surface area contributed by atoms with Gasteiger partial charge in [0, 0.05) is 17.7 Å². The van der Waals surface area contributed by atoms with Gasteiger partial charge in [0.2, 0.25) is 5.82 Å². The summed E-state index contributed by atoms with van der Waals surface area (Å²) in [6.45, 7) is 1.83. The fourth-order valence-corrected chi connectivity index (χ4v) is 3.46. The van der Waals surface area contributed by atoms with Gasteiger partial charge < -0.3 is 4.52 Å². The Hall–Kier alpha value is -2.90. The number of alkyl halides is 2. The van der Waals surface area contributed by atoms with Crippen molar-refractivity contribution in [1.82, 2.24) is 20.3 Å². The van der Waals surface area contributed by atoms with Crippen molar-refractivity contribution in [2.75, 3.05) is 0 Å². The molecule has 0 saturated carbocycles. The van der Waals surface area contributed by atoms with Crippen LogP contribution in [0.25, 0.3) is 11.4 Å². The predicted octanol–water partition coefficient (Wildman–Crippen LogP) is 4.01. The molecule has 0 amide bonds. The second-order valence-electron chi connectivity index (χ2n) is 6.44. The van der Waals surface area contributed by atoms with E-state index in [0.717, 1.165) is 29.7 Å². The van der Waals surface area contributed by atoms with Crippen molar-refractivity contribution in [3.05, 3.63) is 52.7 Å². The maximum atomic E-state index is 12.6. The highest BCUT2D eigenvalue weighted by Crippen LogP contribution is 2.38. The van der Waals surface area contributed by atoms with Crippen LogP contribution in [0.2, 0.25) is 0 Å². The van der Waals surface area contributed by atoms with E-state index in [9.17, 15) is 13.6 Å². The summed E-state index contributed by atoms with van der Waals surface area (Å²) < 4.78 is 29.8. The first-order valence-corrected chi connectivity index (χ1v) is 8.31. The molecule has 3 aromatic rings. The number of ketones is 1. The van der Waals surface area contributed by atoms with E-state index in [1.165, 1.54) is 0 Å². The molecule has 2 heterocycles. The molecule has 2 aromatic heterocycles. The van der Waals surface area contributed by atoms with Crippen LogP contribution in [0, 0.1) is 6.92 Å². The third-order valence-electron chi connectivity index (χ3n) is 4.79. The summed E-state index contributed by atoms with van der Waals surface area (Å²) in [6.07, 6.45) is 0.895. The number of halogens is 2. The van der Waals surface area contributed by atoms with Crippen molar-refractivity contribution in [2.45, 2.75) is 38.5 Å². The molecule has 8 heteroatoms. The Morgan fingerprint density at radius 3 is 2.96 bits per heavy atom. The molecule has 0 fully saturated rings. The topological polar surface area (TPSA) is 84.7 Å². The van der Waals surface area contributed by atoms with Gasteiger partial charge in [-0.2, -0.15) is 18.9 Å². The minimum Gasteiger partial charge on any atom is -0.333 e. The smallest absolute Gasteiger partial charge is 0.315 e. The average molecular weight is 358 g/mol. The van der Waals surface area contributed by atoms with Crippen LogP contribution in [0.5, 0.6) is 0 Å². The van der Waals surface area contributed by atoms with Crippen LogP contribution in [-0.4, -0.2) is 26.1 Å². The van der Waals surface area contributed by atoms with E-state index in [0.29, 0.717) is 17.5 Å². The van der Waals surface area contributed by atoms with Crippen molar-refractivity contribution in [2.24, 2.45) is 0 Å². The molecule has 134 valence electrons. The van der Waals surface area contributed by atoms with E-state index >= 15 is 0 Å². The minimum atomic E-state index is -2.78. The highest BCUT2D eigenvalue weighted by molar-refractivity contribution is 5.97. The Labute approximate surface area is 147 Å². The maximum Gasteiger partial charge on any atom is 0.315 e. The number of aromatic nitrogens is 4. The molecular formula is C18H16F2N4O2. The molecular weight excluding hydrogens is 342 g/mol. The minimum absolute atomic E-state index is 0.0675. The number of rotatable bonds is 5. The Bertz CT molecular complexity index is 964. The summed E-state index contributed by atoms with van der Waals surface area (Å²) in [4.78, 5) is 16.2. The lowest BCUT2D eigenvalue weighted by atomic mass is 9.93. The summed E-state index contributed by atoms with van der Waals surface area (Å²) in [5.41, 5.74) is 4.24. The first-order valence-electron chi connectivity index (χ1n) is 8.31. The number of nitrogens with zero attached hydrogens (tertiary/aromatic N) is 3. The van der Waals surface area contributed by atoms with E-state index in [1.54, 1.807) is 12.3 Å². The summed E-state index contributed by atoms with van der Waals surface area (Å²) in [7, 11) is 0. The summed E-state index contributed by atoms with van der Waals surface area (Å²) in [5.74, 6) is -0.322. The van der Waals surface area contributed by atoms with E-state index in [1.807, 2.05) is 19.1 Å². The van der Waals surface area contributed by atoms with Crippen LogP contribution in [0.4, 0.5) is 8.78 Å². The number of fused-ring (bicyclic) bond motifs is 1. The average Bonchev–Trinajstić information content (AvgIpc) is 3.34. The molecule has 6 nitrogen and oxygen atoms in total. The molecule has 26 heavy (non-hydrogen) atoms. The molecule has 0 spiro atoms. The van der Waals surface area contributed by atoms with Crippen LogP contribution in [-0.2, 0) is 6.42 Å². The van der Waals surface area contributed by atoms with Gasteiger partial charge in [-0.25, -0.2) is 0 Å². The number of aryl methyl sites for hydroxylation is 2. The summed E-state index contributed by atoms with van der Waals surface area (Å²) in [6, 6.07) is 5.60. The number of hydrogen-bond donors (Lipinski definition) is 1. The molecule has 0 unspecified atom stereocenters. The number of Topliss-reactive ketones (excluding diaryl/α,β-unsaturated/α-hetero) is 1. The molecule has 0 radical (unpaired) electrons. The Kier molecular flexibility index (Phi) is 4.10. The van der Waals surface area contributed by atoms with Gasteiger partial charge in [-0.15, -0.1) is 0 Å². The Morgan fingerprint density at radius 1 is 1.42 bits per heavy atom. The number of carbonyl (C=O) groups excluding carboxylic acids is 1. The third kappa shape index (κ3) is 2.91. The first kappa shape index (κ1) is 16.6. The highest BCUT2D eigenvalue weighted by Gasteiger charge is 2.27. The van der Waals surface area contributed by atoms with Gasteiger partial charge in [-0.3, -0.25) is 9.89 Å². The van der Waals surface area contributed by atoms with Crippen LogP contribution in [0.3, 0.4) is 0 Å². The molecule has 1 N–H and O–H groups in total. The molecule has 0 aliphatic heterocycles. The lowest BCUT2D eigenvalue weighted by molar-refractivity contribution is 0.0973. The van der Waals surface area contributed by atoms with Gasteiger partial charge in [0.1, 0.15) is 0 Å². The largest absolute Gasteiger partial charge is 0.333 e. The SMILES string of the molecule is Cc1[nH]ncc1C(=O)C[C@@H]1CCc2cc(-c3noc(C(F)F)n3)ccc21. The second kappa shape index (κ2) is 6.44. The number of benzene rings is 1. The zero-order valence-corrected chi connectivity index (χ0v) is 14.0. The quantitative estimate of drug-likeness (QED) is 0.697. The van der Waals surface area contributed by atoms with Gasteiger partial charge in [-0.05, 0) is 42.9 Å². The first-order chi connectivity index (χ1) is 12.5. The molecule has 0 bridgehead atoms. The van der Waals surface area contributed by atoms with Crippen molar-refractivity contribution < 1.29 is 18.1 Å². The van der Waals surface area contributed by atoms with Crippen molar-refractivity contribution in [3.63, 3.8) is 0 Å². The van der Waals surface area contributed by atoms with Gasteiger partial charge in [0.15, 0.2) is 5.78 Å². The molecule has 4 rings (SSSR count). The van der Waals surface area contributed by atoms with Crippen molar-refractivity contribution in [1.29, 1.82) is 0 Å².